The van der Waals surface area contributed by atoms with E-state index in [1.807, 2.05) is 0 Å². The number of hydrogen-bond donors (Lipinski definition) is 2. The third-order valence-electron chi connectivity index (χ3n) is 1.29. The Morgan fingerprint density at radius 3 is 2.50 bits per heavy atom. The van der Waals surface area contributed by atoms with Crippen LogP contribution >= 0.6 is 39.1 Å². The lowest BCUT2D eigenvalue weighted by Gasteiger charge is -2.03. The number of rotatable bonds is 1. The molecule has 0 saturated carbocycles. The fraction of sp³-hybridized carbons (Fsp3) is 0. The van der Waals surface area contributed by atoms with E-state index in [2.05, 4.69) is 20.9 Å². The number of nitrogens with two attached hydrogens (primary N) is 2. The van der Waals surface area contributed by atoms with Gasteiger partial charge in [-0.3, -0.25) is 5.41 Å². The van der Waals surface area contributed by atoms with Gasteiger partial charge >= 0.3 is 0 Å². The van der Waals surface area contributed by atoms with Crippen LogP contribution in [-0.2, 0) is 0 Å². The van der Waals surface area contributed by atoms with E-state index in [1.165, 1.54) is 6.21 Å². The first-order valence-corrected chi connectivity index (χ1v) is 4.47. The van der Waals surface area contributed by atoms with Crippen molar-refractivity contribution in [2.75, 3.05) is 5.73 Å². The zero-order valence-electron chi connectivity index (χ0n) is 5.81. The van der Waals surface area contributed by atoms with Gasteiger partial charge < -0.3 is 5.73 Å². The molecule has 4 N–H and O–H groups in total. The summed E-state index contributed by atoms with van der Waals surface area (Å²) in [5, 5.41) is 5.70. The number of pyridine rings is 1. The monoisotopic (exact) mass is 268 g/mol. The quantitative estimate of drug-likeness (QED) is 0.588. The average molecular weight is 270 g/mol. The minimum Gasteiger partial charge on any atom is -0.397 e. The van der Waals surface area contributed by atoms with Crippen molar-refractivity contribution in [2.24, 2.45) is 0 Å². The molecular weight excluding hydrogens is 265 g/mol. The summed E-state index contributed by atoms with van der Waals surface area (Å²) in [6.07, 6.45) is 1.28. The van der Waals surface area contributed by atoms with E-state index in [0.717, 1.165) is 0 Å². The molecule has 0 radical (unpaired) electrons. The third-order valence-corrected chi connectivity index (χ3v) is 2.89. The molecule has 0 aliphatic rings. The second-order valence-electron chi connectivity index (χ2n) is 2.00. The van der Waals surface area contributed by atoms with Crippen molar-refractivity contribution >= 4 is 51.0 Å². The highest BCUT2D eigenvalue weighted by atomic mass is 79.9. The van der Waals surface area contributed by atoms with Gasteiger partial charge in [-0.15, -0.1) is 0 Å². The van der Waals surface area contributed by atoms with Crippen molar-refractivity contribution in [3.05, 3.63) is 20.3 Å². The molecule has 0 atom stereocenters. The molecular formula is C6H5BrCl2N3+. The molecule has 0 amide bonds. The maximum Gasteiger partial charge on any atom is 0.172 e. The minimum absolute atomic E-state index is 0.197. The van der Waals surface area contributed by atoms with Crippen LogP contribution in [0.5, 0.6) is 0 Å². The first kappa shape index (κ1) is 9.77. The largest absolute Gasteiger partial charge is 0.397 e. The number of nitrogen functional groups attached to an aromatic ring is 1. The van der Waals surface area contributed by atoms with Crippen LogP contribution in [0.25, 0.3) is 0 Å². The highest BCUT2D eigenvalue weighted by molar-refractivity contribution is 9.10. The SMILES string of the molecule is Nc1c(Br)c(Cl)nc(Cl)c1C=[NH2+]. The highest BCUT2D eigenvalue weighted by Gasteiger charge is 2.13. The van der Waals surface area contributed by atoms with Gasteiger partial charge in [-0.05, 0) is 15.9 Å². The summed E-state index contributed by atoms with van der Waals surface area (Å²) < 4.78 is 0.505. The van der Waals surface area contributed by atoms with Crippen LogP contribution < -0.4 is 11.1 Å². The van der Waals surface area contributed by atoms with Crippen LogP contribution in [-0.4, -0.2) is 11.2 Å². The Morgan fingerprint density at radius 2 is 2.00 bits per heavy atom. The van der Waals surface area contributed by atoms with E-state index in [-0.39, 0.29) is 10.3 Å². The molecule has 3 nitrogen and oxygen atoms in total. The predicted octanol–water partition coefficient (Wildman–Crippen LogP) is 0.911. The topological polar surface area (TPSA) is 64.5 Å². The second-order valence-corrected chi connectivity index (χ2v) is 3.51. The first-order valence-electron chi connectivity index (χ1n) is 2.92. The van der Waals surface area contributed by atoms with Gasteiger partial charge in [-0.2, -0.15) is 0 Å². The second kappa shape index (κ2) is 3.60. The number of hydrogen-bond acceptors (Lipinski definition) is 2. The number of anilines is 1. The molecule has 6 heteroatoms. The zero-order chi connectivity index (χ0) is 9.30. The van der Waals surface area contributed by atoms with Gasteiger partial charge in [0.05, 0.1) is 15.7 Å². The predicted molar refractivity (Wildman–Crippen MR) is 53.5 cm³/mol. The van der Waals surface area contributed by atoms with Crippen LogP contribution in [0, 0.1) is 0 Å². The van der Waals surface area contributed by atoms with Gasteiger partial charge in [-0.25, -0.2) is 4.98 Å². The van der Waals surface area contributed by atoms with Crippen molar-refractivity contribution in [3.63, 3.8) is 0 Å². The first-order chi connectivity index (χ1) is 5.57. The molecule has 1 heterocycles. The fourth-order valence-corrected chi connectivity index (χ4v) is 1.48. The van der Waals surface area contributed by atoms with E-state index in [1.54, 1.807) is 0 Å². The summed E-state index contributed by atoms with van der Waals surface area (Å²) in [7, 11) is 0. The molecule has 12 heavy (non-hydrogen) atoms. The van der Waals surface area contributed by atoms with Gasteiger partial charge in [0.1, 0.15) is 10.3 Å². The Kier molecular flexibility index (Phi) is 2.93. The van der Waals surface area contributed by atoms with Gasteiger partial charge in [0, 0.05) is 0 Å². The summed E-state index contributed by atoms with van der Waals surface area (Å²) in [6.45, 7) is 0. The number of aromatic nitrogens is 1. The molecule has 0 spiro atoms. The van der Waals surface area contributed by atoms with Gasteiger partial charge in [0.25, 0.3) is 0 Å². The van der Waals surface area contributed by atoms with Crippen LogP contribution in [0.2, 0.25) is 10.3 Å². The smallest absolute Gasteiger partial charge is 0.172 e. The van der Waals surface area contributed by atoms with Crippen molar-refractivity contribution < 1.29 is 5.41 Å². The molecule has 0 fully saturated rings. The van der Waals surface area contributed by atoms with Crippen molar-refractivity contribution in [2.45, 2.75) is 0 Å². The fourth-order valence-electron chi connectivity index (χ4n) is 0.695. The molecule has 1 aromatic rings. The Morgan fingerprint density at radius 1 is 1.42 bits per heavy atom. The van der Waals surface area contributed by atoms with Crippen molar-refractivity contribution in [3.8, 4) is 0 Å². The standard InChI is InChI=1S/C6H4BrCl2N3/c7-3-4(11)2(1-10)5(8)12-6(3)9/h1,10H,(H2,11,12)/p+1. The van der Waals surface area contributed by atoms with E-state index in [0.29, 0.717) is 15.7 Å². The maximum absolute atomic E-state index is 5.70. The number of halogens is 3. The van der Waals surface area contributed by atoms with Crippen molar-refractivity contribution in [1.82, 2.24) is 4.98 Å². The molecule has 0 aliphatic carbocycles. The lowest BCUT2D eigenvalue weighted by atomic mass is 10.2. The summed E-state index contributed by atoms with van der Waals surface area (Å²) in [4.78, 5) is 3.80. The van der Waals surface area contributed by atoms with Crippen LogP contribution in [0.15, 0.2) is 4.47 Å². The highest BCUT2D eigenvalue weighted by Crippen LogP contribution is 2.32. The summed E-state index contributed by atoms with van der Waals surface area (Å²) >= 11 is 14.5. The maximum atomic E-state index is 5.70. The molecule has 0 aromatic carbocycles. The summed E-state index contributed by atoms with van der Waals surface area (Å²) in [5.41, 5.74) is 6.50. The Bertz CT molecular complexity index is 340. The summed E-state index contributed by atoms with van der Waals surface area (Å²) in [6, 6.07) is 0. The van der Waals surface area contributed by atoms with E-state index >= 15 is 0 Å². The Balaban J connectivity index is 3.51. The van der Waals surface area contributed by atoms with Crippen molar-refractivity contribution in [1.29, 1.82) is 0 Å². The minimum atomic E-state index is 0.197. The molecule has 0 bridgehead atoms. The van der Waals surface area contributed by atoms with Gasteiger partial charge in [0.2, 0.25) is 0 Å². The molecule has 0 saturated heterocycles. The normalized spacial score (nSPS) is 9.92. The van der Waals surface area contributed by atoms with E-state index < -0.39 is 0 Å². The summed E-state index contributed by atoms with van der Waals surface area (Å²) in [5.74, 6) is 0. The molecule has 64 valence electrons. The lowest BCUT2D eigenvalue weighted by molar-refractivity contribution is -0.104. The van der Waals surface area contributed by atoms with Crippen LogP contribution in [0.4, 0.5) is 5.69 Å². The molecule has 1 rings (SSSR count). The van der Waals surface area contributed by atoms with E-state index in [9.17, 15) is 0 Å². The third kappa shape index (κ3) is 1.55. The zero-order valence-corrected chi connectivity index (χ0v) is 8.91. The number of nitrogens with zero attached hydrogens (tertiary/aromatic N) is 1. The molecule has 0 aliphatic heterocycles. The molecule has 0 unspecified atom stereocenters. The Labute approximate surface area is 87.5 Å². The molecule has 1 aromatic heterocycles. The van der Waals surface area contributed by atoms with E-state index in [4.69, 9.17) is 34.3 Å². The van der Waals surface area contributed by atoms with Gasteiger partial charge in [-0.1, -0.05) is 23.2 Å². The van der Waals surface area contributed by atoms with Crippen LogP contribution in [0.3, 0.4) is 0 Å². The van der Waals surface area contributed by atoms with Gasteiger partial charge in [0.15, 0.2) is 6.21 Å². The average Bonchev–Trinajstić information content (AvgIpc) is 2.01. The van der Waals surface area contributed by atoms with Crippen LogP contribution in [0.1, 0.15) is 5.56 Å². The lowest BCUT2D eigenvalue weighted by Crippen LogP contribution is -2.30. The Hall–Kier alpha value is -0.320.